The second kappa shape index (κ2) is 1.86. The van der Waals surface area contributed by atoms with Gasteiger partial charge in [0.15, 0.2) is 5.79 Å². The zero-order chi connectivity index (χ0) is 6.91. The van der Waals surface area contributed by atoms with Crippen molar-refractivity contribution in [2.24, 2.45) is 11.5 Å². The Kier molecular flexibility index (Phi) is 1.31. The topological polar surface area (TPSA) is 64.1 Å². The van der Waals surface area contributed by atoms with Crippen molar-refractivity contribution in [2.45, 2.75) is 12.7 Å². The molecule has 0 spiro atoms. The first-order chi connectivity index (χ1) is 4.13. The van der Waals surface area contributed by atoms with Crippen LogP contribution in [0.1, 0.15) is 6.92 Å². The van der Waals surface area contributed by atoms with E-state index in [0.29, 0.717) is 0 Å². The average Bonchev–Trinajstić information content (AvgIpc) is 1.77. The molecule has 0 aromatic carbocycles. The third kappa shape index (κ3) is 1.12. The monoisotopic (exact) mass is 125 g/mol. The van der Waals surface area contributed by atoms with Crippen molar-refractivity contribution in [3.8, 4) is 0 Å². The van der Waals surface area contributed by atoms with Gasteiger partial charge in [0.1, 0.15) is 0 Å². The lowest BCUT2D eigenvalue weighted by atomic mass is 10.1. The Hall–Kier alpha value is -0.800. The van der Waals surface area contributed by atoms with E-state index in [2.05, 4.69) is 5.32 Å². The van der Waals surface area contributed by atoms with Crippen molar-refractivity contribution < 1.29 is 0 Å². The molecule has 0 amide bonds. The van der Waals surface area contributed by atoms with Gasteiger partial charge in [0, 0.05) is 0 Å². The smallest absolute Gasteiger partial charge is 0.161 e. The SMILES string of the molecule is CC1=CC=CNC1(N)N. The van der Waals surface area contributed by atoms with Gasteiger partial charge >= 0.3 is 0 Å². The summed E-state index contributed by atoms with van der Waals surface area (Å²) < 4.78 is 0. The molecule has 0 aromatic heterocycles. The highest BCUT2D eigenvalue weighted by molar-refractivity contribution is 5.24. The van der Waals surface area contributed by atoms with Crippen molar-refractivity contribution >= 4 is 0 Å². The highest BCUT2D eigenvalue weighted by Gasteiger charge is 2.19. The summed E-state index contributed by atoms with van der Waals surface area (Å²) in [4.78, 5) is 0. The Balaban J connectivity index is 2.83. The van der Waals surface area contributed by atoms with Crippen molar-refractivity contribution in [1.29, 1.82) is 0 Å². The Morgan fingerprint density at radius 1 is 1.56 bits per heavy atom. The normalized spacial score (nSPS) is 22.8. The van der Waals surface area contributed by atoms with Crippen LogP contribution in [-0.2, 0) is 0 Å². The van der Waals surface area contributed by atoms with Crippen molar-refractivity contribution in [1.82, 2.24) is 5.32 Å². The van der Waals surface area contributed by atoms with Crippen LogP contribution in [-0.4, -0.2) is 5.79 Å². The first-order valence-electron chi connectivity index (χ1n) is 2.82. The van der Waals surface area contributed by atoms with Crippen molar-refractivity contribution in [2.75, 3.05) is 0 Å². The fourth-order valence-corrected chi connectivity index (χ4v) is 0.630. The highest BCUT2D eigenvalue weighted by Crippen LogP contribution is 2.06. The minimum absolute atomic E-state index is 0.839. The minimum Gasteiger partial charge on any atom is -0.358 e. The molecule has 1 aliphatic rings. The summed E-state index contributed by atoms with van der Waals surface area (Å²) in [6, 6.07) is 0. The van der Waals surface area contributed by atoms with E-state index in [4.69, 9.17) is 11.5 Å². The van der Waals surface area contributed by atoms with Crippen LogP contribution in [0.3, 0.4) is 0 Å². The molecule has 0 saturated heterocycles. The molecule has 9 heavy (non-hydrogen) atoms. The summed E-state index contributed by atoms with van der Waals surface area (Å²) in [7, 11) is 0. The first-order valence-corrected chi connectivity index (χ1v) is 2.82. The quantitative estimate of drug-likeness (QED) is 0.387. The van der Waals surface area contributed by atoms with Gasteiger partial charge in [-0.3, -0.25) is 11.5 Å². The van der Waals surface area contributed by atoms with E-state index in [1.54, 1.807) is 6.20 Å². The molecule has 5 N–H and O–H groups in total. The van der Waals surface area contributed by atoms with Crippen LogP contribution < -0.4 is 16.8 Å². The van der Waals surface area contributed by atoms with E-state index < -0.39 is 5.79 Å². The molecule has 0 aromatic rings. The largest absolute Gasteiger partial charge is 0.358 e. The van der Waals surface area contributed by atoms with E-state index in [-0.39, 0.29) is 0 Å². The number of hydrogen-bond acceptors (Lipinski definition) is 3. The van der Waals surface area contributed by atoms with Gasteiger partial charge in [0.25, 0.3) is 0 Å². The Morgan fingerprint density at radius 2 is 2.22 bits per heavy atom. The Bertz CT molecular complexity index is 167. The second-order valence-corrected chi connectivity index (χ2v) is 2.22. The summed E-state index contributed by atoms with van der Waals surface area (Å²) in [5.74, 6) is -0.839. The highest BCUT2D eigenvalue weighted by atomic mass is 15.2. The van der Waals surface area contributed by atoms with Gasteiger partial charge in [-0.15, -0.1) is 0 Å². The zero-order valence-electron chi connectivity index (χ0n) is 5.39. The lowest BCUT2D eigenvalue weighted by Gasteiger charge is -2.27. The fraction of sp³-hybridized carbons (Fsp3) is 0.333. The van der Waals surface area contributed by atoms with Crippen molar-refractivity contribution in [3.63, 3.8) is 0 Å². The molecule has 0 aliphatic carbocycles. The molecule has 0 fully saturated rings. The maximum atomic E-state index is 5.57. The molecule has 1 rings (SSSR count). The van der Waals surface area contributed by atoms with Crippen LogP contribution in [0.5, 0.6) is 0 Å². The van der Waals surface area contributed by atoms with Crippen LogP contribution in [0.15, 0.2) is 23.9 Å². The van der Waals surface area contributed by atoms with Crippen molar-refractivity contribution in [3.05, 3.63) is 23.9 Å². The number of dihydropyridines is 1. The van der Waals surface area contributed by atoms with E-state index in [0.717, 1.165) is 5.57 Å². The van der Waals surface area contributed by atoms with E-state index in [9.17, 15) is 0 Å². The van der Waals surface area contributed by atoms with Crippen LogP contribution >= 0.6 is 0 Å². The zero-order valence-corrected chi connectivity index (χ0v) is 5.39. The number of nitrogens with one attached hydrogen (secondary N) is 1. The van der Waals surface area contributed by atoms with Crippen LogP contribution in [0.25, 0.3) is 0 Å². The predicted molar refractivity (Wildman–Crippen MR) is 37.1 cm³/mol. The van der Waals surface area contributed by atoms with E-state index in [1.807, 2.05) is 19.1 Å². The summed E-state index contributed by atoms with van der Waals surface area (Å²) in [5, 5.41) is 2.81. The van der Waals surface area contributed by atoms with Gasteiger partial charge in [-0.25, -0.2) is 0 Å². The average molecular weight is 125 g/mol. The maximum absolute atomic E-state index is 5.57. The van der Waals surface area contributed by atoms with Gasteiger partial charge in [-0.1, -0.05) is 6.08 Å². The van der Waals surface area contributed by atoms with Gasteiger partial charge in [0.05, 0.1) is 0 Å². The van der Waals surface area contributed by atoms with Crippen LogP contribution in [0.4, 0.5) is 0 Å². The number of hydrogen-bond donors (Lipinski definition) is 3. The van der Waals surface area contributed by atoms with Gasteiger partial charge in [-0.05, 0) is 24.8 Å². The van der Waals surface area contributed by atoms with Gasteiger partial charge in [0.2, 0.25) is 0 Å². The lowest BCUT2D eigenvalue weighted by Crippen LogP contribution is -2.60. The Morgan fingerprint density at radius 3 is 2.56 bits per heavy atom. The molecule has 0 bridgehead atoms. The molecule has 0 atom stereocenters. The molecule has 0 saturated carbocycles. The molecular weight excluding hydrogens is 114 g/mol. The van der Waals surface area contributed by atoms with E-state index in [1.165, 1.54) is 0 Å². The number of allylic oxidation sites excluding steroid dienone is 2. The molecule has 1 heterocycles. The minimum atomic E-state index is -0.839. The molecule has 3 heteroatoms. The summed E-state index contributed by atoms with van der Waals surface area (Å²) in [6.07, 6.45) is 5.48. The Labute approximate surface area is 54.4 Å². The van der Waals surface area contributed by atoms with E-state index >= 15 is 0 Å². The molecule has 3 nitrogen and oxygen atoms in total. The number of rotatable bonds is 0. The molecule has 50 valence electrons. The molecule has 0 radical (unpaired) electrons. The van der Waals surface area contributed by atoms with Crippen LogP contribution in [0, 0.1) is 0 Å². The fourth-order valence-electron chi connectivity index (χ4n) is 0.630. The second-order valence-electron chi connectivity index (χ2n) is 2.22. The lowest BCUT2D eigenvalue weighted by molar-refractivity contribution is 0.459. The van der Waals surface area contributed by atoms with Crippen LogP contribution in [0.2, 0.25) is 0 Å². The molecule has 0 unspecified atom stereocenters. The standard InChI is InChI=1S/C6H11N3/c1-5-3-2-4-9-6(5,7)8/h2-4,9H,7-8H2,1H3. The number of nitrogens with two attached hydrogens (primary N) is 2. The summed E-state index contributed by atoms with van der Waals surface area (Å²) >= 11 is 0. The third-order valence-corrected chi connectivity index (χ3v) is 1.42. The van der Waals surface area contributed by atoms with Gasteiger partial charge in [-0.2, -0.15) is 0 Å². The maximum Gasteiger partial charge on any atom is 0.161 e. The third-order valence-electron chi connectivity index (χ3n) is 1.42. The summed E-state index contributed by atoms with van der Waals surface area (Å²) in [5.41, 5.74) is 12.1. The first kappa shape index (κ1) is 6.32. The predicted octanol–water partition coefficient (Wildman–Crippen LogP) is -0.379. The molecule has 1 aliphatic heterocycles. The summed E-state index contributed by atoms with van der Waals surface area (Å²) in [6.45, 7) is 1.89. The van der Waals surface area contributed by atoms with Gasteiger partial charge < -0.3 is 5.32 Å². The molecular formula is C6H11N3.